The van der Waals surface area contributed by atoms with Crippen LogP contribution < -0.4 is 10.9 Å². The van der Waals surface area contributed by atoms with Crippen LogP contribution in [-0.2, 0) is 0 Å². The molecule has 0 spiro atoms. The predicted octanol–water partition coefficient (Wildman–Crippen LogP) is -0.421. The minimum absolute atomic E-state index is 0.411. The van der Waals surface area contributed by atoms with Crippen molar-refractivity contribution in [1.82, 2.24) is 0 Å². The lowest BCUT2D eigenvalue weighted by molar-refractivity contribution is 0.100. The molecule has 0 bridgehead atoms. The van der Waals surface area contributed by atoms with Crippen LogP contribution in [0.25, 0.3) is 0 Å². The fraction of sp³-hybridized carbons (Fsp3) is 0. The van der Waals surface area contributed by atoms with Gasteiger partial charge in [-0.3, -0.25) is 4.79 Å². The number of hydrogen-bond donors (Lipinski definition) is 1. The van der Waals surface area contributed by atoms with E-state index < -0.39 is 5.91 Å². The van der Waals surface area contributed by atoms with E-state index in [0.717, 1.165) is 5.19 Å². The minimum atomic E-state index is -0.411. The Balaban J connectivity index is 3.15. The van der Waals surface area contributed by atoms with Crippen molar-refractivity contribution in [3.8, 4) is 0 Å². The minimum Gasteiger partial charge on any atom is -0.366 e. The first-order valence-electron chi connectivity index (χ1n) is 2.82. The molecule has 2 nitrogen and oxygen atoms in total. The highest BCUT2D eigenvalue weighted by atomic mass is 28.1. The van der Waals surface area contributed by atoms with E-state index in [4.69, 9.17) is 5.73 Å². The summed E-state index contributed by atoms with van der Waals surface area (Å²) in [4.78, 5) is 10.6. The van der Waals surface area contributed by atoms with Gasteiger partial charge in [0.05, 0.1) is 10.2 Å². The van der Waals surface area contributed by atoms with Gasteiger partial charge in [0.2, 0.25) is 5.91 Å². The fourth-order valence-electron chi connectivity index (χ4n) is 0.698. The first-order chi connectivity index (χ1) is 4.72. The SMILES string of the molecule is NC(=O)c1ccccc1[Si]. The van der Waals surface area contributed by atoms with Crippen LogP contribution in [0.2, 0.25) is 0 Å². The molecule has 0 saturated carbocycles. The zero-order chi connectivity index (χ0) is 7.56. The van der Waals surface area contributed by atoms with Crippen LogP contribution >= 0.6 is 0 Å². The van der Waals surface area contributed by atoms with Gasteiger partial charge in [0.25, 0.3) is 0 Å². The molecule has 3 radical (unpaired) electrons. The van der Waals surface area contributed by atoms with E-state index in [2.05, 4.69) is 10.2 Å². The molecule has 0 aromatic heterocycles. The van der Waals surface area contributed by atoms with Gasteiger partial charge < -0.3 is 5.73 Å². The quantitative estimate of drug-likeness (QED) is 0.540. The Labute approximate surface area is 62.5 Å². The Morgan fingerprint density at radius 3 is 2.40 bits per heavy atom. The van der Waals surface area contributed by atoms with E-state index >= 15 is 0 Å². The molecule has 0 fully saturated rings. The number of amides is 1. The van der Waals surface area contributed by atoms with Crippen molar-refractivity contribution in [1.29, 1.82) is 0 Å². The van der Waals surface area contributed by atoms with E-state index in [1.54, 1.807) is 18.2 Å². The van der Waals surface area contributed by atoms with Crippen molar-refractivity contribution < 1.29 is 4.79 Å². The molecule has 0 aliphatic carbocycles. The molecule has 3 heteroatoms. The zero-order valence-electron chi connectivity index (χ0n) is 5.29. The molecular formula is C7H6NOSi. The van der Waals surface area contributed by atoms with Crippen LogP contribution in [0.1, 0.15) is 10.4 Å². The fourth-order valence-corrected chi connectivity index (χ4v) is 1.00. The Morgan fingerprint density at radius 1 is 1.40 bits per heavy atom. The van der Waals surface area contributed by atoms with Gasteiger partial charge in [-0.1, -0.05) is 23.4 Å². The molecule has 0 aliphatic rings. The number of primary amides is 1. The molecule has 0 unspecified atom stereocenters. The summed E-state index contributed by atoms with van der Waals surface area (Å²) in [5.41, 5.74) is 5.56. The highest BCUT2D eigenvalue weighted by Crippen LogP contribution is 1.91. The zero-order valence-corrected chi connectivity index (χ0v) is 6.29. The van der Waals surface area contributed by atoms with E-state index in [1.165, 1.54) is 0 Å². The van der Waals surface area contributed by atoms with Crippen LogP contribution in [0.15, 0.2) is 24.3 Å². The maximum Gasteiger partial charge on any atom is 0.248 e. The molecule has 0 aliphatic heterocycles. The van der Waals surface area contributed by atoms with Crippen molar-refractivity contribution in [3.63, 3.8) is 0 Å². The third-order valence-electron chi connectivity index (χ3n) is 1.19. The Kier molecular flexibility index (Phi) is 1.87. The normalized spacial score (nSPS) is 9.30. The summed E-state index contributed by atoms with van der Waals surface area (Å²) < 4.78 is 0. The largest absolute Gasteiger partial charge is 0.366 e. The second kappa shape index (κ2) is 2.66. The van der Waals surface area contributed by atoms with Gasteiger partial charge >= 0.3 is 0 Å². The molecule has 10 heavy (non-hydrogen) atoms. The number of rotatable bonds is 1. The number of hydrogen-bond acceptors (Lipinski definition) is 1. The Morgan fingerprint density at radius 2 is 2.00 bits per heavy atom. The predicted molar refractivity (Wildman–Crippen MR) is 40.3 cm³/mol. The first-order valence-corrected chi connectivity index (χ1v) is 3.32. The summed E-state index contributed by atoms with van der Waals surface area (Å²) in [6.45, 7) is 0. The number of carbonyl (C=O) groups is 1. The molecule has 49 valence electrons. The van der Waals surface area contributed by atoms with Gasteiger partial charge in [0.1, 0.15) is 0 Å². The molecule has 1 aromatic rings. The third-order valence-corrected chi connectivity index (χ3v) is 1.63. The van der Waals surface area contributed by atoms with Crippen LogP contribution in [0, 0.1) is 0 Å². The van der Waals surface area contributed by atoms with E-state index in [9.17, 15) is 4.79 Å². The lowest BCUT2D eigenvalue weighted by Gasteiger charge is -1.97. The number of carbonyl (C=O) groups excluding carboxylic acids is 1. The summed E-state index contributed by atoms with van der Waals surface area (Å²) in [6, 6.07) is 7.04. The topological polar surface area (TPSA) is 43.1 Å². The van der Waals surface area contributed by atoms with Gasteiger partial charge in [0.15, 0.2) is 0 Å². The first kappa shape index (κ1) is 7.02. The van der Waals surface area contributed by atoms with Crippen molar-refractivity contribution in [2.45, 2.75) is 0 Å². The summed E-state index contributed by atoms with van der Waals surface area (Å²) in [5, 5.41) is 0.731. The van der Waals surface area contributed by atoms with Crippen molar-refractivity contribution in [3.05, 3.63) is 29.8 Å². The van der Waals surface area contributed by atoms with Gasteiger partial charge in [-0.25, -0.2) is 0 Å². The molecule has 1 aromatic carbocycles. The summed E-state index contributed by atoms with van der Waals surface area (Å²) >= 11 is 0. The Bertz CT molecular complexity index is 260. The maximum absolute atomic E-state index is 10.6. The van der Waals surface area contributed by atoms with Crippen LogP contribution in [0.4, 0.5) is 0 Å². The second-order valence-corrected chi connectivity index (χ2v) is 2.45. The standard InChI is InChI=1S/C7H6NOSi/c8-7(9)5-3-1-2-4-6(5)10/h1-4H,(H2,8,9). The molecule has 0 saturated heterocycles. The van der Waals surface area contributed by atoms with E-state index in [1.807, 2.05) is 6.07 Å². The van der Waals surface area contributed by atoms with Crippen molar-refractivity contribution in [2.24, 2.45) is 5.73 Å². The Hall–Kier alpha value is -1.09. The van der Waals surface area contributed by atoms with E-state index in [0.29, 0.717) is 5.56 Å². The monoisotopic (exact) mass is 148 g/mol. The smallest absolute Gasteiger partial charge is 0.248 e. The molecule has 2 N–H and O–H groups in total. The molecule has 0 atom stereocenters. The maximum atomic E-state index is 10.6. The molecule has 0 heterocycles. The molecular weight excluding hydrogens is 142 g/mol. The van der Waals surface area contributed by atoms with E-state index in [-0.39, 0.29) is 0 Å². The van der Waals surface area contributed by atoms with Crippen molar-refractivity contribution in [2.75, 3.05) is 0 Å². The second-order valence-electron chi connectivity index (χ2n) is 1.91. The van der Waals surface area contributed by atoms with Gasteiger partial charge in [-0.2, -0.15) is 0 Å². The van der Waals surface area contributed by atoms with Gasteiger partial charge in [0, 0.05) is 5.56 Å². The molecule has 1 rings (SSSR count). The van der Waals surface area contributed by atoms with Crippen LogP contribution in [0.3, 0.4) is 0 Å². The summed E-state index contributed by atoms with van der Waals surface area (Å²) in [7, 11) is 3.25. The highest BCUT2D eigenvalue weighted by Gasteiger charge is 2.00. The lowest BCUT2D eigenvalue weighted by atomic mass is 10.2. The average molecular weight is 148 g/mol. The van der Waals surface area contributed by atoms with Gasteiger partial charge in [-0.15, -0.1) is 0 Å². The summed E-state index contributed by atoms with van der Waals surface area (Å²) in [5.74, 6) is -0.411. The average Bonchev–Trinajstić information content (AvgIpc) is 1.88. The molecule has 1 amide bonds. The van der Waals surface area contributed by atoms with Gasteiger partial charge in [-0.05, 0) is 6.07 Å². The lowest BCUT2D eigenvalue weighted by Crippen LogP contribution is -2.21. The number of benzene rings is 1. The highest BCUT2D eigenvalue weighted by molar-refractivity contribution is 6.36. The van der Waals surface area contributed by atoms with Crippen LogP contribution in [0.5, 0.6) is 0 Å². The van der Waals surface area contributed by atoms with Crippen molar-refractivity contribution >= 4 is 21.3 Å². The third kappa shape index (κ3) is 1.25. The number of nitrogens with two attached hydrogens (primary N) is 1. The summed E-state index contributed by atoms with van der Waals surface area (Å²) in [6.07, 6.45) is 0. The van der Waals surface area contributed by atoms with Crippen LogP contribution in [-0.4, -0.2) is 16.1 Å².